The van der Waals surface area contributed by atoms with Crippen molar-refractivity contribution in [1.82, 2.24) is 9.97 Å². The monoisotopic (exact) mass is 787 g/mol. The van der Waals surface area contributed by atoms with Gasteiger partial charge < -0.3 is 9.97 Å². The molecule has 0 spiro atoms. The van der Waals surface area contributed by atoms with Gasteiger partial charge in [-0.3, -0.25) is 0 Å². The Morgan fingerprint density at radius 2 is 1.29 bits per heavy atom. The van der Waals surface area contributed by atoms with Gasteiger partial charge in [-0.1, -0.05) is 101 Å². The third-order valence-corrected chi connectivity index (χ3v) is 10.4. The summed E-state index contributed by atoms with van der Waals surface area (Å²) in [6.45, 7) is 14.1. The Kier molecular flexibility index (Phi) is 11.9. The first-order valence-corrected chi connectivity index (χ1v) is 19.6. The first kappa shape index (κ1) is 34.7. The van der Waals surface area contributed by atoms with Gasteiger partial charge in [-0.05, 0) is 63.9 Å². The van der Waals surface area contributed by atoms with E-state index < -0.39 is 8.07 Å². The molecule has 3 aromatic carbocycles. The van der Waals surface area contributed by atoms with Crippen LogP contribution in [-0.4, -0.2) is 18.0 Å². The maximum atomic E-state index is 4.75. The molecule has 0 saturated heterocycles. The topological polar surface area (TPSA) is 25.8 Å². The molecule has 45 heavy (non-hydrogen) atoms. The molecule has 1 aliphatic carbocycles. The van der Waals surface area contributed by atoms with Gasteiger partial charge in [0.2, 0.25) is 0 Å². The van der Waals surface area contributed by atoms with E-state index in [0.29, 0.717) is 5.92 Å². The van der Waals surface area contributed by atoms with Crippen LogP contribution in [0.4, 0.5) is 0 Å². The third kappa shape index (κ3) is 9.42. The van der Waals surface area contributed by atoms with E-state index in [2.05, 4.69) is 120 Å². The zero-order chi connectivity index (χ0) is 31.2. The van der Waals surface area contributed by atoms with Crippen molar-refractivity contribution >= 4 is 13.3 Å². The van der Waals surface area contributed by atoms with Crippen molar-refractivity contribution in [2.24, 2.45) is 5.41 Å². The van der Waals surface area contributed by atoms with Crippen LogP contribution in [0, 0.1) is 17.5 Å². The Bertz CT molecular complexity index is 1630. The summed E-state index contributed by atoms with van der Waals surface area (Å²) in [6, 6.07) is 37.9. The molecule has 2 nitrogen and oxygen atoms in total. The van der Waals surface area contributed by atoms with Crippen LogP contribution < -0.4 is 5.19 Å². The van der Waals surface area contributed by atoms with Gasteiger partial charge >= 0.3 is 0 Å². The molecule has 6 rings (SSSR count). The van der Waals surface area contributed by atoms with Crippen molar-refractivity contribution < 1.29 is 20.1 Å². The molecule has 0 aliphatic heterocycles. The summed E-state index contributed by atoms with van der Waals surface area (Å²) in [4.78, 5) is 9.46. The van der Waals surface area contributed by atoms with E-state index in [1.165, 1.54) is 53.1 Å². The molecule has 0 atom stereocenters. The first-order chi connectivity index (χ1) is 21.1. The summed E-state index contributed by atoms with van der Waals surface area (Å²) in [6.07, 6.45) is 10.6. The normalized spacial score (nSPS) is 13.5. The zero-order valence-electron chi connectivity index (χ0n) is 27.7. The van der Waals surface area contributed by atoms with Crippen molar-refractivity contribution in [2.75, 3.05) is 0 Å². The van der Waals surface area contributed by atoms with Gasteiger partial charge in [0.1, 0.15) is 0 Å². The summed E-state index contributed by atoms with van der Waals surface area (Å²) in [5.41, 5.74) is 9.96. The Morgan fingerprint density at radius 1 is 0.733 bits per heavy atom. The molecule has 5 aromatic rings. The molecule has 1 saturated carbocycles. The van der Waals surface area contributed by atoms with Gasteiger partial charge in [0.05, 0.1) is 8.07 Å². The number of pyridine rings is 2. The van der Waals surface area contributed by atoms with Crippen molar-refractivity contribution in [1.29, 1.82) is 0 Å². The molecule has 2 aromatic heterocycles. The molecule has 0 unspecified atom stereocenters. The van der Waals surface area contributed by atoms with E-state index in [-0.39, 0.29) is 25.5 Å². The Balaban J connectivity index is 0.000000201. The minimum Gasteiger partial charge on any atom is -0.305 e. The third-order valence-electron chi connectivity index (χ3n) is 8.30. The zero-order valence-corrected chi connectivity index (χ0v) is 31.1. The second-order valence-corrected chi connectivity index (χ2v) is 19.3. The van der Waals surface area contributed by atoms with Crippen molar-refractivity contribution in [3.63, 3.8) is 0 Å². The molecule has 1 radical (unpaired) electrons. The van der Waals surface area contributed by atoms with Crippen molar-refractivity contribution in [2.45, 2.75) is 78.4 Å². The second kappa shape index (κ2) is 15.4. The molecule has 235 valence electrons. The Labute approximate surface area is 286 Å². The summed E-state index contributed by atoms with van der Waals surface area (Å²) in [5.74, 6) is 0.659. The average molecular weight is 787 g/mol. The van der Waals surface area contributed by atoms with E-state index in [1.807, 2.05) is 36.4 Å². The van der Waals surface area contributed by atoms with Gasteiger partial charge in [-0.2, -0.15) is 0 Å². The van der Waals surface area contributed by atoms with Crippen molar-refractivity contribution in [3.05, 3.63) is 127 Å². The predicted octanol–water partition coefficient (Wildman–Crippen LogP) is 10.6. The minimum atomic E-state index is -1.37. The van der Waals surface area contributed by atoms with Crippen LogP contribution >= 0.6 is 0 Å². The van der Waals surface area contributed by atoms with Gasteiger partial charge in [-0.15, -0.1) is 71.8 Å². The number of aromatic nitrogens is 2. The second-order valence-electron chi connectivity index (χ2n) is 14.3. The van der Waals surface area contributed by atoms with Crippen LogP contribution in [0.15, 0.2) is 103 Å². The molecule has 0 bridgehead atoms. The van der Waals surface area contributed by atoms with Gasteiger partial charge in [0.15, 0.2) is 0 Å². The summed E-state index contributed by atoms with van der Waals surface area (Å²) in [7, 11) is -1.37. The fraction of sp³-hybridized carbons (Fsp3) is 0.317. The summed E-state index contributed by atoms with van der Waals surface area (Å²) >= 11 is 0. The Morgan fingerprint density at radius 3 is 1.82 bits per heavy atom. The van der Waals surface area contributed by atoms with Crippen molar-refractivity contribution in [3.8, 4) is 33.6 Å². The maximum Gasteiger partial charge on any atom is 0.0798 e. The number of nitrogens with zero attached hydrogens (tertiary/aromatic N) is 2. The fourth-order valence-electron chi connectivity index (χ4n) is 6.19. The standard InChI is InChI=1S/C22H20N.C19H26NSi.Ir/c1-3-9-17(10-4-1)20-15-22(19-13-5-2-6-14-19)23-16-21(20)18-11-7-8-12-18;1-19(2,3)13-16-12-17(15-10-8-7-9-11-15)20-14-18(16)21(4,5)6;/h1-6,9-10,13,15-16,18H,7-8,11-12H2;7-10,12,14H,13H2,1-6H3;/q2*-1;. The molecular weight excluding hydrogens is 741 g/mol. The summed E-state index contributed by atoms with van der Waals surface area (Å²) < 4.78 is 0. The molecule has 0 amide bonds. The van der Waals surface area contributed by atoms with Gasteiger partial charge in [0, 0.05) is 32.5 Å². The van der Waals surface area contributed by atoms with Crippen LogP contribution in [0.2, 0.25) is 19.6 Å². The quantitative estimate of drug-likeness (QED) is 0.127. The molecule has 2 heterocycles. The van der Waals surface area contributed by atoms with Crippen LogP contribution in [-0.2, 0) is 26.5 Å². The minimum absolute atomic E-state index is 0. The summed E-state index contributed by atoms with van der Waals surface area (Å²) in [5, 5.41) is 1.48. The number of benzene rings is 3. The molecule has 1 aliphatic rings. The number of rotatable bonds is 6. The van der Waals surface area contributed by atoms with Crippen LogP contribution in [0.5, 0.6) is 0 Å². The van der Waals surface area contributed by atoms with Gasteiger partial charge in [-0.25, -0.2) is 0 Å². The average Bonchev–Trinajstić information content (AvgIpc) is 3.56. The Hall–Kier alpha value is -3.17. The van der Waals surface area contributed by atoms with E-state index in [1.54, 1.807) is 0 Å². The predicted molar refractivity (Wildman–Crippen MR) is 190 cm³/mol. The smallest absolute Gasteiger partial charge is 0.0798 e. The van der Waals surface area contributed by atoms with Gasteiger partial charge in [0.25, 0.3) is 0 Å². The first-order valence-electron chi connectivity index (χ1n) is 16.1. The molecular formula is C41H46IrN2Si-2. The van der Waals surface area contributed by atoms with Crippen LogP contribution in [0.1, 0.15) is 63.5 Å². The molecule has 1 fully saturated rings. The molecule has 4 heteroatoms. The van der Waals surface area contributed by atoms with E-state index in [4.69, 9.17) is 9.97 Å². The van der Waals surface area contributed by atoms with Crippen LogP contribution in [0.25, 0.3) is 33.6 Å². The SMILES string of the molecule is CC(C)(C)Cc1cc(-c2[c-]cccc2)ncc1[Si](C)(C)C.[Ir].[c-]1ccccc1-c1cc(-c2ccccc2)c(C2CCCC2)cn1. The van der Waals surface area contributed by atoms with E-state index in [9.17, 15) is 0 Å². The fourth-order valence-corrected chi connectivity index (χ4v) is 7.76. The number of hydrogen-bond donors (Lipinski definition) is 0. The van der Waals surface area contributed by atoms with E-state index >= 15 is 0 Å². The molecule has 0 N–H and O–H groups in total. The van der Waals surface area contributed by atoms with Crippen LogP contribution in [0.3, 0.4) is 0 Å². The largest absolute Gasteiger partial charge is 0.305 e. The maximum absolute atomic E-state index is 4.75. The number of hydrogen-bond acceptors (Lipinski definition) is 2. The van der Waals surface area contributed by atoms with E-state index in [0.717, 1.165) is 28.9 Å².